The van der Waals surface area contributed by atoms with E-state index in [1.165, 1.54) is 18.2 Å². The zero-order valence-electron chi connectivity index (χ0n) is 6.36. The highest BCUT2D eigenvalue weighted by molar-refractivity contribution is 6.30. The van der Waals surface area contributed by atoms with Crippen LogP contribution in [0.25, 0.3) is 0 Å². The molecule has 1 radical (unpaired) electrons. The minimum absolute atomic E-state index is 0.0600. The molecule has 13 heavy (non-hydrogen) atoms. The summed E-state index contributed by atoms with van der Waals surface area (Å²) < 4.78 is 39.4. The number of alkyl halides is 3. The smallest absolute Gasteiger partial charge is 0.422 e. The zero-order valence-corrected chi connectivity index (χ0v) is 7.12. The van der Waals surface area contributed by atoms with Crippen LogP contribution in [0.2, 0.25) is 5.02 Å². The minimum atomic E-state index is -4.33. The van der Waals surface area contributed by atoms with Gasteiger partial charge in [0.15, 0.2) is 6.61 Å². The third-order valence-corrected chi connectivity index (χ3v) is 1.35. The van der Waals surface area contributed by atoms with Crippen molar-refractivity contribution in [1.29, 1.82) is 0 Å². The molecule has 0 saturated carbocycles. The van der Waals surface area contributed by atoms with Gasteiger partial charge in [0, 0.05) is 5.02 Å². The van der Waals surface area contributed by atoms with Gasteiger partial charge >= 0.3 is 6.18 Å². The Labute approximate surface area is 78.1 Å². The normalized spacial score (nSPS) is 11.4. The van der Waals surface area contributed by atoms with Crippen LogP contribution in [0.3, 0.4) is 0 Å². The molecule has 1 nitrogen and oxygen atoms in total. The lowest BCUT2D eigenvalue weighted by Crippen LogP contribution is -2.19. The van der Waals surface area contributed by atoms with E-state index in [1.54, 1.807) is 0 Å². The largest absolute Gasteiger partial charge is 0.484 e. The summed E-state index contributed by atoms with van der Waals surface area (Å²) in [7, 11) is 0. The number of halogens is 4. The Morgan fingerprint density at radius 2 is 2.08 bits per heavy atom. The maximum absolute atomic E-state index is 11.7. The van der Waals surface area contributed by atoms with Gasteiger partial charge in [-0.1, -0.05) is 11.6 Å². The first kappa shape index (κ1) is 10.2. The molecule has 71 valence electrons. The van der Waals surface area contributed by atoms with E-state index in [1.807, 2.05) is 0 Å². The van der Waals surface area contributed by atoms with Crippen molar-refractivity contribution >= 4 is 11.6 Å². The molecule has 0 aliphatic heterocycles. The predicted octanol–water partition coefficient (Wildman–Crippen LogP) is 3.08. The molecule has 0 aliphatic rings. The van der Waals surface area contributed by atoms with Crippen molar-refractivity contribution in [1.82, 2.24) is 0 Å². The molecule has 0 aromatic heterocycles. The van der Waals surface area contributed by atoms with Crippen molar-refractivity contribution in [3.63, 3.8) is 0 Å². The molecule has 0 saturated heterocycles. The molecule has 0 atom stereocenters. The lowest BCUT2D eigenvalue weighted by molar-refractivity contribution is -0.153. The van der Waals surface area contributed by atoms with E-state index in [-0.39, 0.29) is 5.75 Å². The molecule has 0 amide bonds. The van der Waals surface area contributed by atoms with Gasteiger partial charge < -0.3 is 4.74 Å². The molecule has 0 bridgehead atoms. The van der Waals surface area contributed by atoms with Crippen molar-refractivity contribution in [3.8, 4) is 5.75 Å². The van der Waals surface area contributed by atoms with Gasteiger partial charge in [-0.2, -0.15) is 13.2 Å². The summed E-state index contributed by atoms with van der Waals surface area (Å²) in [5.74, 6) is 0.0600. The highest BCUT2D eigenvalue weighted by Crippen LogP contribution is 2.20. The van der Waals surface area contributed by atoms with Crippen LogP contribution < -0.4 is 4.74 Å². The first-order valence-corrected chi connectivity index (χ1v) is 3.71. The lowest BCUT2D eigenvalue weighted by atomic mass is 10.3. The van der Waals surface area contributed by atoms with Crippen LogP contribution in [0.5, 0.6) is 5.75 Å². The second-order valence-corrected chi connectivity index (χ2v) is 2.73. The second-order valence-electron chi connectivity index (χ2n) is 2.29. The van der Waals surface area contributed by atoms with Gasteiger partial charge in [0.2, 0.25) is 0 Å². The van der Waals surface area contributed by atoms with E-state index >= 15 is 0 Å². The van der Waals surface area contributed by atoms with Crippen LogP contribution in [0.15, 0.2) is 18.2 Å². The third-order valence-electron chi connectivity index (χ3n) is 1.13. The first-order valence-electron chi connectivity index (χ1n) is 3.33. The summed E-state index contributed by atoms with van der Waals surface area (Å²) in [6.07, 6.45) is -4.33. The third kappa shape index (κ3) is 4.03. The van der Waals surface area contributed by atoms with E-state index in [0.717, 1.165) is 0 Å². The van der Waals surface area contributed by atoms with Crippen molar-refractivity contribution in [2.45, 2.75) is 6.18 Å². The number of hydrogen-bond donors (Lipinski definition) is 0. The molecule has 1 aromatic carbocycles. The van der Waals surface area contributed by atoms with Crippen LogP contribution in [0.4, 0.5) is 13.2 Å². The van der Waals surface area contributed by atoms with E-state index in [0.29, 0.717) is 5.02 Å². The minimum Gasteiger partial charge on any atom is -0.484 e. The molecular formula is C8H5ClF3O. The second kappa shape index (κ2) is 3.87. The summed E-state index contributed by atoms with van der Waals surface area (Å²) in [5, 5.41) is 0.291. The topological polar surface area (TPSA) is 9.23 Å². The van der Waals surface area contributed by atoms with Crippen LogP contribution in [0, 0.1) is 6.07 Å². The van der Waals surface area contributed by atoms with Crippen LogP contribution in [-0.2, 0) is 0 Å². The molecule has 5 heteroatoms. The Morgan fingerprint density at radius 1 is 1.38 bits per heavy atom. The fourth-order valence-electron chi connectivity index (χ4n) is 0.671. The van der Waals surface area contributed by atoms with E-state index in [4.69, 9.17) is 11.6 Å². The van der Waals surface area contributed by atoms with Crippen LogP contribution in [-0.4, -0.2) is 12.8 Å². The standard InChI is InChI=1S/C8H5ClF3O/c9-6-2-1-3-7(4-6)13-5-8(10,11)12/h2-4H,5H2. The van der Waals surface area contributed by atoms with Crippen LogP contribution in [0.1, 0.15) is 0 Å². The molecular weight excluding hydrogens is 205 g/mol. The van der Waals surface area contributed by atoms with Crippen molar-refractivity contribution in [2.24, 2.45) is 0 Å². The molecule has 0 spiro atoms. The maximum atomic E-state index is 11.7. The summed E-state index contributed by atoms with van der Waals surface area (Å²) in [5.41, 5.74) is 0. The fraction of sp³-hybridized carbons (Fsp3) is 0.250. The number of rotatable bonds is 2. The van der Waals surface area contributed by atoms with E-state index in [9.17, 15) is 13.2 Å². The Balaban J connectivity index is 2.55. The van der Waals surface area contributed by atoms with Gasteiger partial charge in [-0.05, 0) is 24.3 Å². The summed E-state index contributed by atoms with van der Waals surface area (Å²) in [6, 6.07) is 6.56. The van der Waals surface area contributed by atoms with E-state index in [2.05, 4.69) is 10.8 Å². The van der Waals surface area contributed by atoms with Crippen molar-refractivity contribution in [3.05, 3.63) is 29.3 Å². The Bertz CT molecular complexity index is 285. The van der Waals surface area contributed by atoms with Gasteiger partial charge in [0.1, 0.15) is 5.75 Å². The average Bonchev–Trinajstić information content (AvgIpc) is 2.00. The molecule has 0 N–H and O–H groups in total. The number of benzene rings is 1. The summed E-state index contributed by atoms with van der Waals surface area (Å²) in [6.45, 7) is -1.32. The van der Waals surface area contributed by atoms with Gasteiger partial charge in [0.05, 0.1) is 0 Å². The number of hydrogen-bond acceptors (Lipinski definition) is 1. The first-order chi connectivity index (χ1) is 5.97. The molecule has 0 heterocycles. The monoisotopic (exact) mass is 209 g/mol. The summed E-state index contributed by atoms with van der Waals surface area (Å²) in [4.78, 5) is 0. The molecule has 1 aromatic rings. The summed E-state index contributed by atoms with van der Waals surface area (Å²) >= 11 is 5.50. The Kier molecular flexibility index (Phi) is 3.03. The quantitative estimate of drug-likeness (QED) is 0.727. The average molecular weight is 210 g/mol. The predicted molar refractivity (Wildman–Crippen MR) is 41.8 cm³/mol. The fourth-order valence-corrected chi connectivity index (χ4v) is 0.842. The molecule has 0 aliphatic carbocycles. The SMILES string of the molecule is FC(F)(F)COc1c[c]cc(Cl)c1. The lowest BCUT2D eigenvalue weighted by Gasteiger charge is -2.08. The van der Waals surface area contributed by atoms with Gasteiger partial charge in [-0.25, -0.2) is 0 Å². The Hall–Kier alpha value is -0.900. The maximum Gasteiger partial charge on any atom is 0.422 e. The van der Waals surface area contributed by atoms with Crippen LogP contribution >= 0.6 is 11.6 Å². The van der Waals surface area contributed by atoms with Gasteiger partial charge in [0.25, 0.3) is 0 Å². The zero-order chi connectivity index (χ0) is 9.90. The number of ether oxygens (including phenoxy) is 1. The van der Waals surface area contributed by atoms with E-state index < -0.39 is 12.8 Å². The molecule has 0 fully saturated rings. The van der Waals surface area contributed by atoms with Crippen molar-refractivity contribution in [2.75, 3.05) is 6.61 Å². The highest BCUT2D eigenvalue weighted by atomic mass is 35.5. The van der Waals surface area contributed by atoms with Gasteiger partial charge in [-0.15, -0.1) is 0 Å². The molecule has 0 unspecified atom stereocenters. The Morgan fingerprint density at radius 3 is 2.62 bits per heavy atom. The van der Waals surface area contributed by atoms with Crippen molar-refractivity contribution < 1.29 is 17.9 Å². The molecule has 1 rings (SSSR count). The van der Waals surface area contributed by atoms with Gasteiger partial charge in [-0.3, -0.25) is 0 Å². The highest BCUT2D eigenvalue weighted by Gasteiger charge is 2.28.